The molecule has 0 bridgehead atoms. The smallest absolute Gasteiger partial charge is 0.248 e. The van der Waals surface area contributed by atoms with E-state index in [-0.39, 0.29) is 11.2 Å². The Labute approximate surface area is 122 Å². The maximum atomic E-state index is 11.6. The third kappa shape index (κ3) is 2.50. The van der Waals surface area contributed by atoms with E-state index in [1.165, 1.54) is 6.20 Å². The molecule has 0 radical (unpaired) electrons. The molecular weight excluding hydrogens is 292 g/mol. The van der Waals surface area contributed by atoms with Gasteiger partial charge in [0.2, 0.25) is 15.0 Å². The van der Waals surface area contributed by atoms with Gasteiger partial charge < -0.3 is 9.30 Å². The first-order valence-corrected chi connectivity index (χ1v) is 8.46. The van der Waals surface area contributed by atoms with Crippen molar-refractivity contribution < 1.29 is 13.2 Å². The molecule has 2 aromatic rings. The largest absolute Gasteiger partial charge is 0.379 e. The molecule has 0 spiro atoms. The first-order chi connectivity index (χ1) is 10.0. The van der Waals surface area contributed by atoms with Crippen LogP contribution in [0.3, 0.4) is 0 Å². The standard InChI is InChI=1S/C13H14N4O3S/c1-21(18,19)13-15-7-9-5-11(6-14)17(12(9)16-13)10-3-2-4-20-8-10/h5,7,10H,2-4,8H2,1H3/t10-/m1/s1. The van der Waals surface area contributed by atoms with Gasteiger partial charge in [-0.1, -0.05) is 0 Å². The van der Waals surface area contributed by atoms with Crippen LogP contribution in [-0.2, 0) is 14.6 Å². The number of aromatic nitrogens is 3. The van der Waals surface area contributed by atoms with Gasteiger partial charge in [0.1, 0.15) is 17.4 Å². The minimum Gasteiger partial charge on any atom is -0.379 e. The molecule has 0 unspecified atom stereocenters. The normalized spacial score (nSPS) is 19.5. The highest BCUT2D eigenvalue weighted by molar-refractivity contribution is 7.90. The number of nitrogens with zero attached hydrogens (tertiary/aromatic N) is 4. The summed E-state index contributed by atoms with van der Waals surface area (Å²) in [6.07, 6.45) is 4.28. The van der Waals surface area contributed by atoms with Crippen LogP contribution in [0.2, 0.25) is 0 Å². The van der Waals surface area contributed by atoms with Gasteiger partial charge in [0.05, 0.1) is 12.6 Å². The summed E-state index contributed by atoms with van der Waals surface area (Å²) in [5.41, 5.74) is 0.915. The second-order valence-electron chi connectivity index (χ2n) is 5.09. The van der Waals surface area contributed by atoms with Gasteiger partial charge in [-0.3, -0.25) is 0 Å². The Hall–Kier alpha value is -1.98. The van der Waals surface area contributed by atoms with Crippen molar-refractivity contribution in [2.75, 3.05) is 19.5 Å². The molecule has 7 nitrogen and oxygen atoms in total. The summed E-state index contributed by atoms with van der Waals surface area (Å²) in [6.45, 7) is 1.21. The number of hydrogen-bond donors (Lipinski definition) is 0. The van der Waals surface area contributed by atoms with Crippen molar-refractivity contribution in [1.29, 1.82) is 5.26 Å². The quantitative estimate of drug-likeness (QED) is 0.769. The molecule has 0 saturated carbocycles. The zero-order chi connectivity index (χ0) is 15.0. The number of ether oxygens (including phenoxy) is 1. The van der Waals surface area contributed by atoms with E-state index in [2.05, 4.69) is 16.0 Å². The summed E-state index contributed by atoms with van der Waals surface area (Å²) in [5.74, 6) is 0. The number of sulfone groups is 1. The number of rotatable bonds is 2. The molecule has 1 aliphatic rings. The Balaban J connectivity index is 2.22. The molecule has 1 aliphatic heterocycles. The van der Waals surface area contributed by atoms with Gasteiger partial charge in [0, 0.05) is 24.4 Å². The van der Waals surface area contributed by atoms with Crippen molar-refractivity contribution in [3.63, 3.8) is 0 Å². The van der Waals surface area contributed by atoms with Crippen LogP contribution in [0, 0.1) is 11.3 Å². The van der Waals surface area contributed by atoms with Crippen LogP contribution in [-0.4, -0.2) is 42.4 Å². The van der Waals surface area contributed by atoms with Gasteiger partial charge in [-0.25, -0.2) is 13.4 Å². The van der Waals surface area contributed by atoms with E-state index < -0.39 is 9.84 Å². The third-order valence-electron chi connectivity index (χ3n) is 3.50. The molecule has 21 heavy (non-hydrogen) atoms. The Morgan fingerprint density at radius 3 is 2.95 bits per heavy atom. The molecular formula is C13H14N4O3S. The molecule has 0 aliphatic carbocycles. The first-order valence-electron chi connectivity index (χ1n) is 6.56. The molecule has 0 N–H and O–H groups in total. The highest BCUT2D eigenvalue weighted by Crippen LogP contribution is 2.27. The monoisotopic (exact) mass is 306 g/mol. The highest BCUT2D eigenvalue weighted by Gasteiger charge is 2.23. The Kier molecular flexibility index (Phi) is 3.39. The predicted octanol–water partition coefficient (Wildman–Crippen LogP) is 1.06. The van der Waals surface area contributed by atoms with Gasteiger partial charge >= 0.3 is 0 Å². The number of fused-ring (bicyclic) bond motifs is 1. The van der Waals surface area contributed by atoms with Crippen molar-refractivity contribution in [3.05, 3.63) is 18.0 Å². The van der Waals surface area contributed by atoms with Crippen LogP contribution in [0.1, 0.15) is 24.6 Å². The second kappa shape index (κ2) is 5.09. The lowest BCUT2D eigenvalue weighted by Crippen LogP contribution is -2.22. The van der Waals surface area contributed by atoms with Crippen molar-refractivity contribution in [3.8, 4) is 6.07 Å². The minimum absolute atomic E-state index is 0.00629. The van der Waals surface area contributed by atoms with Crippen LogP contribution in [0.25, 0.3) is 11.0 Å². The fourth-order valence-corrected chi connectivity index (χ4v) is 3.05. The average Bonchev–Trinajstić information content (AvgIpc) is 2.84. The summed E-state index contributed by atoms with van der Waals surface area (Å²) in [5, 5.41) is 9.73. The van der Waals surface area contributed by atoms with Crippen LogP contribution in [0.5, 0.6) is 0 Å². The van der Waals surface area contributed by atoms with E-state index in [4.69, 9.17) is 4.74 Å². The van der Waals surface area contributed by atoms with Gasteiger partial charge in [0.25, 0.3) is 0 Å². The Bertz CT molecular complexity index is 829. The average molecular weight is 306 g/mol. The SMILES string of the molecule is CS(=O)(=O)c1ncc2cc(C#N)n([C@@H]3CCCOC3)c2n1. The molecule has 1 fully saturated rings. The molecule has 3 heterocycles. The van der Waals surface area contributed by atoms with Crippen molar-refractivity contribution in [1.82, 2.24) is 14.5 Å². The van der Waals surface area contributed by atoms with Gasteiger partial charge in [-0.2, -0.15) is 10.2 Å². The van der Waals surface area contributed by atoms with E-state index in [1.807, 2.05) is 0 Å². The van der Waals surface area contributed by atoms with Crippen LogP contribution >= 0.6 is 0 Å². The van der Waals surface area contributed by atoms with Crippen molar-refractivity contribution >= 4 is 20.9 Å². The van der Waals surface area contributed by atoms with E-state index in [0.717, 1.165) is 19.1 Å². The molecule has 1 saturated heterocycles. The maximum Gasteiger partial charge on any atom is 0.248 e. The predicted molar refractivity (Wildman–Crippen MR) is 74.4 cm³/mol. The lowest BCUT2D eigenvalue weighted by Gasteiger charge is -2.24. The van der Waals surface area contributed by atoms with E-state index in [0.29, 0.717) is 29.9 Å². The fraction of sp³-hybridized carbons (Fsp3) is 0.462. The van der Waals surface area contributed by atoms with E-state index in [1.54, 1.807) is 10.6 Å². The summed E-state index contributed by atoms with van der Waals surface area (Å²) >= 11 is 0. The molecule has 110 valence electrons. The number of nitriles is 1. The zero-order valence-electron chi connectivity index (χ0n) is 11.5. The first kappa shape index (κ1) is 14.0. The van der Waals surface area contributed by atoms with Crippen LogP contribution in [0.4, 0.5) is 0 Å². The lowest BCUT2D eigenvalue weighted by atomic mass is 10.1. The third-order valence-corrected chi connectivity index (χ3v) is 4.36. The summed E-state index contributed by atoms with van der Waals surface area (Å²) in [7, 11) is -3.49. The van der Waals surface area contributed by atoms with E-state index >= 15 is 0 Å². The minimum atomic E-state index is -3.49. The summed E-state index contributed by atoms with van der Waals surface area (Å²) in [4.78, 5) is 8.01. The van der Waals surface area contributed by atoms with Gasteiger partial charge in [0.15, 0.2) is 0 Å². The van der Waals surface area contributed by atoms with Gasteiger partial charge in [-0.15, -0.1) is 0 Å². The molecule has 0 amide bonds. The topological polar surface area (TPSA) is 97.9 Å². The van der Waals surface area contributed by atoms with Crippen LogP contribution < -0.4 is 0 Å². The zero-order valence-corrected chi connectivity index (χ0v) is 12.3. The second-order valence-corrected chi connectivity index (χ2v) is 7.00. The molecule has 2 aromatic heterocycles. The number of hydrogen-bond acceptors (Lipinski definition) is 6. The summed E-state index contributed by atoms with van der Waals surface area (Å²) < 4.78 is 30.5. The van der Waals surface area contributed by atoms with Crippen molar-refractivity contribution in [2.45, 2.75) is 24.0 Å². The summed E-state index contributed by atoms with van der Waals surface area (Å²) in [6, 6.07) is 3.80. The Morgan fingerprint density at radius 1 is 1.52 bits per heavy atom. The fourth-order valence-electron chi connectivity index (χ4n) is 2.55. The van der Waals surface area contributed by atoms with Gasteiger partial charge in [-0.05, 0) is 18.9 Å². The lowest BCUT2D eigenvalue weighted by molar-refractivity contribution is 0.0602. The molecule has 0 aromatic carbocycles. The molecule has 1 atom stereocenters. The maximum absolute atomic E-state index is 11.6. The van der Waals surface area contributed by atoms with Crippen molar-refractivity contribution in [2.24, 2.45) is 0 Å². The molecule has 8 heteroatoms. The highest BCUT2D eigenvalue weighted by atomic mass is 32.2. The van der Waals surface area contributed by atoms with E-state index in [9.17, 15) is 13.7 Å². The van der Waals surface area contributed by atoms with Crippen LogP contribution in [0.15, 0.2) is 17.4 Å². The molecule has 3 rings (SSSR count). The Morgan fingerprint density at radius 2 is 2.33 bits per heavy atom.